The number of nitrogens with one attached hydrogen (secondary N) is 1. The summed E-state index contributed by atoms with van der Waals surface area (Å²) in [5, 5.41) is 11.8. The fourth-order valence-corrected chi connectivity index (χ4v) is 3.46. The van der Waals surface area contributed by atoms with E-state index in [9.17, 15) is 22.8 Å². The Morgan fingerprint density at radius 2 is 1.71 bits per heavy atom. The van der Waals surface area contributed by atoms with E-state index >= 15 is 0 Å². The molecule has 0 aliphatic rings. The number of carbonyl (C=O) groups excluding carboxylic acids is 1. The van der Waals surface area contributed by atoms with Gasteiger partial charge in [0, 0.05) is 11.4 Å². The quantitative estimate of drug-likeness (QED) is 0.396. The molecule has 0 spiro atoms. The van der Waals surface area contributed by atoms with Gasteiger partial charge in [0.05, 0.1) is 22.5 Å². The topological polar surface area (TPSA) is 66.4 Å². The van der Waals surface area contributed by atoms with E-state index in [2.05, 4.69) is 5.32 Å². The summed E-state index contributed by atoms with van der Waals surface area (Å²) in [4.78, 5) is 23.5. The van der Waals surface area contributed by atoms with E-state index in [0.717, 1.165) is 12.5 Å². The minimum atomic E-state index is -4.59. The van der Waals surface area contributed by atoms with Crippen LogP contribution in [0.15, 0.2) is 42.5 Å². The molecule has 2 N–H and O–H groups in total. The first-order chi connectivity index (χ1) is 14.5. The maximum Gasteiger partial charge on any atom is 0.392 e. The zero-order valence-electron chi connectivity index (χ0n) is 16.7. The lowest BCUT2D eigenvalue weighted by atomic mass is 9.86. The normalized spacial score (nSPS) is 13.5. The predicted molar refractivity (Wildman–Crippen MR) is 115 cm³/mol. The summed E-state index contributed by atoms with van der Waals surface area (Å²) < 4.78 is 40.4. The lowest BCUT2D eigenvalue weighted by Crippen LogP contribution is -2.34. The van der Waals surface area contributed by atoms with Crippen LogP contribution in [0.3, 0.4) is 0 Å². The zero-order chi connectivity index (χ0) is 23.2. The van der Waals surface area contributed by atoms with E-state index in [-0.39, 0.29) is 22.7 Å². The number of halogens is 5. The molecule has 9 heteroatoms. The molecule has 0 fully saturated rings. The minimum Gasteiger partial charge on any atom is -0.481 e. The molecule has 1 amide bonds. The molecule has 0 aliphatic carbocycles. The summed E-state index contributed by atoms with van der Waals surface area (Å²) in [6.45, 7) is 0.958. The van der Waals surface area contributed by atoms with Gasteiger partial charge in [-0.1, -0.05) is 48.3 Å². The number of rotatable bonds is 9. The molecule has 0 saturated heterocycles. The van der Waals surface area contributed by atoms with Crippen LogP contribution in [-0.4, -0.2) is 23.2 Å². The molecule has 0 radical (unpaired) electrons. The van der Waals surface area contributed by atoms with Crippen LogP contribution in [0.25, 0.3) is 0 Å². The molecule has 2 aromatic carbocycles. The maximum absolute atomic E-state index is 13.5. The number of hydrogen-bond donors (Lipinski definition) is 2. The number of anilines is 1. The third-order valence-corrected chi connectivity index (χ3v) is 5.50. The van der Waals surface area contributed by atoms with Crippen LogP contribution >= 0.6 is 23.2 Å². The van der Waals surface area contributed by atoms with Gasteiger partial charge >= 0.3 is 12.1 Å². The molecule has 2 rings (SSSR count). The summed E-state index contributed by atoms with van der Waals surface area (Å²) in [5.74, 6) is -5.15. The van der Waals surface area contributed by atoms with E-state index < -0.39 is 29.9 Å². The SMILES string of the molecule is C[C@H]([C@H](C(=O)Nc1cc(CCCCC(=O)O)ccc1Cl)c1ccc(Cl)cc1)C(F)(F)F. The van der Waals surface area contributed by atoms with Gasteiger partial charge in [-0.2, -0.15) is 13.2 Å². The van der Waals surface area contributed by atoms with Crippen LogP contribution in [0.4, 0.5) is 18.9 Å². The number of unbranched alkanes of at least 4 members (excludes halogenated alkanes) is 1. The van der Waals surface area contributed by atoms with E-state index in [1.807, 2.05) is 0 Å². The number of hydrogen-bond acceptors (Lipinski definition) is 2. The fourth-order valence-electron chi connectivity index (χ4n) is 3.17. The smallest absolute Gasteiger partial charge is 0.392 e. The molecule has 2 aromatic rings. The number of aryl methyl sites for hydroxylation is 1. The molecule has 0 unspecified atom stereocenters. The molecular weight excluding hydrogens is 454 g/mol. The summed E-state index contributed by atoms with van der Waals surface area (Å²) in [7, 11) is 0. The van der Waals surface area contributed by atoms with Crippen molar-refractivity contribution in [1.82, 2.24) is 0 Å². The maximum atomic E-state index is 13.5. The predicted octanol–water partition coefficient (Wildman–Crippen LogP) is 6.71. The summed E-state index contributed by atoms with van der Waals surface area (Å²) in [6, 6.07) is 10.5. The molecule has 0 aromatic heterocycles. The highest BCUT2D eigenvalue weighted by Crippen LogP contribution is 2.39. The number of carboxylic acids is 1. The molecule has 168 valence electrons. The average molecular weight is 476 g/mol. The number of amides is 1. The van der Waals surface area contributed by atoms with Crippen LogP contribution < -0.4 is 5.32 Å². The van der Waals surface area contributed by atoms with Gasteiger partial charge in [0.25, 0.3) is 0 Å². The van der Waals surface area contributed by atoms with Gasteiger partial charge in [-0.3, -0.25) is 9.59 Å². The third-order valence-electron chi connectivity index (χ3n) is 4.92. The van der Waals surface area contributed by atoms with Crippen molar-refractivity contribution in [2.75, 3.05) is 5.32 Å². The van der Waals surface area contributed by atoms with E-state index in [4.69, 9.17) is 28.3 Å². The minimum absolute atomic E-state index is 0.0509. The van der Waals surface area contributed by atoms with Crippen LogP contribution in [0, 0.1) is 5.92 Å². The molecule has 0 aliphatic heterocycles. The Morgan fingerprint density at radius 1 is 1.06 bits per heavy atom. The zero-order valence-corrected chi connectivity index (χ0v) is 18.2. The first-order valence-corrected chi connectivity index (χ1v) is 10.4. The Balaban J connectivity index is 2.23. The van der Waals surface area contributed by atoms with Gasteiger partial charge in [0.1, 0.15) is 0 Å². The van der Waals surface area contributed by atoms with Gasteiger partial charge in [-0.25, -0.2) is 0 Å². The largest absolute Gasteiger partial charge is 0.481 e. The number of aliphatic carboxylic acids is 1. The van der Waals surface area contributed by atoms with Crippen LogP contribution in [0.1, 0.15) is 43.2 Å². The van der Waals surface area contributed by atoms with Gasteiger partial charge < -0.3 is 10.4 Å². The molecule has 0 heterocycles. The highest BCUT2D eigenvalue weighted by atomic mass is 35.5. The first-order valence-electron chi connectivity index (χ1n) is 9.62. The molecule has 31 heavy (non-hydrogen) atoms. The number of carbonyl (C=O) groups is 2. The Morgan fingerprint density at radius 3 is 2.29 bits per heavy atom. The van der Waals surface area contributed by atoms with E-state index in [0.29, 0.717) is 24.3 Å². The van der Waals surface area contributed by atoms with Crippen LogP contribution in [0.5, 0.6) is 0 Å². The average Bonchev–Trinajstić information content (AvgIpc) is 2.68. The van der Waals surface area contributed by atoms with Gasteiger partial charge in [-0.15, -0.1) is 0 Å². The van der Waals surface area contributed by atoms with E-state index in [1.54, 1.807) is 18.2 Å². The first kappa shape index (κ1) is 25.0. The number of carboxylic acid groups (broad SMARTS) is 1. The highest BCUT2D eigenvalue weighted by Gasteiger charge is 2.45. The molecule has 0 bridgehead atoms. The van der Waals surface area contributed by atoms with Crippen molar-refractivity contribution < 1.29 is 27.9 Å². The number of alkyl halides is 3. The summed E-state index contributed by atoms with van der Waals surface area (Å²) in [5.41, 5.74) is 1.18. The Bertz CT molecular complexity index is 917. The second kappa shape index (κ2) is 10.9. The second-order valence-electron chi connectivity index (χ2n) is 7.26. The Labute approximate surface area is 188 Å². The van der Waals surface area contributed by atoms with Gasteiger partial charge in [-0.05, 0) is 54.7 Å². The van der Waals surface area contributed by atoms with Crippen molar-refractivity contribution in [3.63, 3.8) is 0 Å². The Kier molecular flexibility index (Phi) is 8.77. The highest BCUT2D eigenvalue weighted by molar-refractivity contribution is 6.33. The number of benzene rings is 2. The van der Waals surface area contributed by atoms with Crippen LogP contribution in [-0.2, 0) is 16.0 Å². The van der Waals surface area contributed by atoms with Gasteiger partial charge in [0.15, 0.2) is 0 Å². The van der Waals surface area contributed by atoms with Crippen molar-refractivity contribution >= 4 is 40.8 Å². The molecule has 0 saturated carbocycles. The summed E-state index contributed by atoms with van der Waals surface area (Å²) >= 11 is 12.0. The standard InChI is InChI=1S/C22H22Cl2F3NO3/c1-13(22(25,26)27)20(15-7-9-16(23)10-8-15)21(31)28-18-12-14(6-11-17(18)24)4-2-3-5-19(29)30/h6-13,20H,2-5H2,1H3,(H,28,31)(H,29,30)/t13-,20+/m1/s1. The lowest BCUT2D eigenvalue weighted by molar-refractivity contribution is -0.178. The third kappa shape index (κ3) is 7.43. The second-order valence-corrected chi connectivity index (χ2v) is 8.11. The van der Waals surface area contributed by atoms with Crippen molar-refractivity contribution in [1.29, 1.82) is 0 Å². The molecular formula is C22H22Cl2F3NO3. The van der Waals surface area contributed by atoms with E-state index in [1.165, 1.54) is 24.3 Å². The van der Waals surface area contributed by atoms with Crippen molar-refractivity contribution in [3.05, 3.63) is 63.6 Å². The van der Waals surface area contributed by atoms with Crippen molar-refractivity contribution in [3.8, 4) is 0 Å². The monoisotopic (exact) mass is 475 g/mol. The van der Waals surface area contributed by atoms with Crippen molar-refractivity contribution in [2.45, 2.75) is 44.7 Å². The van der Waals surface area contributed by atoms with Crippen LogP contribution in [0.2, 0.25) is 10.0 Å². The lowest BCUT2D eigenvalue weighted by Gasteiger charge is -2.26. The summed E-state index contributed by atoms with van der Waals surface area (Å²) in [6.07, 6.45) is -2.89. The fraction of sp³-hybridized carbons (Fsp3) is 0.364. The molecule has 2 atom stereocenters. The molecule has 4 nitrogen and oxygen atoms in total. The van der Waals surface area contributed by atoms with Crippen molar-refractivity contribution in [2.24, 2.45) is 5.92 Å². The Hall–Kier alpha value is -2.25. The van der Waals surface area contributed by atoms with Gasteiger partial charge in [0.2, 0.25) is 5.91 Å².